The van der Waals surface area contributed by atoms with Crippen molar-refractivity contribution in [3.63, 3.8) is 0 Å². The maximum absolute atomic E-state index is 12.7. The second-order valence-corrected chi connectivity index (χ2v) is 7.51. The Labute approximate surface area is 174 Å². The molecule has 0 saturated carbocycles. The number of carbonyl (C=O) groups is 2. The molecule has 0 aromatic heterocycles. The highest BCUT2D eigenvalue weighted by atomic mass is 32.2. The molecule has 0 aliphatic carbocycles. The number of thioether (sulfide) groups is 1. The van der Waals surface area contributed by atoms with E-state index in [2.05, 4.69) is 10.6 Å². The molecule has 0 aliphatic rings. The van der Waals surface area contributed by atoms with Crippen molar-refractivity contribution in [3.8, 4) is 0 Å². The molecule has 30 heavy (non-hydrogen) atoms. The fourth-order valence-electron chi connectivity index (χ4n) is 2.22. The van der Waals surface area contributed by atoms with Gasteiger partial charge in [-0.3, -0.25) is 19.7 Å². The zero-order valence-corrected chi connectivity index (χ0v) is 16.8. The molecule has 2 amide bonds. The Morgan fingerprint density at radius 1 is 1.07 bits per heavy atom. The lowest BCUT2D eigenvalue weighted by molar-refractivity contribution is -0.388. The van der Waals surface area contributed by atoms with Gasteiger partial charge in [0.25, 0.3) is 5.69 Å². The first kappa shape index (κ1) is 23.2. The maximum Gasteiger partial charge on any atom is 0.416 e. The smallest absolute Gasteiger partial charge is 0.326 e. The molecule has 0 radical (unpaired) electrons. The lowest BCUT2D eigenvalue weighted by Gasteiger charge is -2.10. The molecule has 0 heterocycles. The minimum atomic E-state index is -4.70. The number of anilines is 2. The fourth-order valence-corrected chi connectivity index (χ4v) is 3.03. The first-order valence-corrected chi connectivity index (χ1v) is 9.65. The van der Waals surface area contributed by atoms with E-state index in [9.17, 15) is 32.9 Å². The number of hydrogen-bond donors (Lipinski definition) is 2. The molecule has 2 N–H and O–H groups in total. The van der Waals surface area contributed by atoms with Gasteiger partial charge in [0, 0.05) is 23.4 Å². The third-order valence-corrected chi connectivity index (χ3v) is 4.87. The number of nitro benzene ring substituents is 1. The maximum atomic E-state index is 12.7. The molecule has 2 rings (SSSR count). The second-order valence-electron chi connectivity index (χ2n) is 6.50. The van der Waals surface area contributed by atoms with E-state index in [1.807, 2.05) is 0 Å². The highest BCUT2D eigenvalue weighted by molar-refractivity contribution is 8.00. The summed E-state index contributed by atoms with van der Waals surface area (Å²) in [5.41, 5.74) is -0.855. The Bertz CT molecular complexity index is 947. The van der Waals surface area contributed by atoms with Crippen LogP contribution in [0.25, 0.3) is 0 Å². The highest BCUT2D eigenvalue weighted by Gasteiger charge is 2.33. The number of hydrogen-bond acceptors (Lipinski definition) is 5. The Hall–Kier alpha value is -3.08. The van der Waals surface area contributed by atoms with Crippen LogP contribution in [0.15, 0.2) is 47.4 Å². The Balaban J connectivity index is 1.99. The molecule has 2 aromatic carbocycles. The summed E-state index contributed by atoms with van der Waals surface area (Å²) in [4.78, 5) is 33.9. The molecular weight excluding hydrogens is 423 g/mol. The van der Waals surface area contributed by atoms with Crippen molar-refractivity contribution in [2.45, 2.75) is 24.9 Å². The van der Waals surface area contributed by atoms with Gasteiger partial charge in [-0.1, -0.05) is 13.8 Å². The number of benzene rings is 2. The number of rotatable bonds is 7. The van der Waals surface area contributed by atoms with Crippen molar-refractivity contribution in [2.24, 2.45) is 5.92 Å². The molecule has 11 heteroatoms. The second kappa shape index (κ2) is 9.61. The summed E-state index contributed by atoms with van der Waals surface area (Å²) in [6.45, 7) is 3.51. The first-order valence-electron chi connectivity index (χ1n) is 8.66. The van der Waals surface area contributed by atoms with Gasteiger partial charge in [-0.05, 0) is 36.4 Å². The van der Waals surface area contributed by atoms with Crippen LogP contribution in [0.4, 0.5) is 30.2 Å². The predicted octanol–water partition coefficient (Wildman–Crippen LogP) is 4.94. The molecule has 7 nitrogen and oxygen atoms in total. The van der Waals surface area contributed by atoms with Crippen molar-refractivity contribution in [1.82, 2.24) is 0 Å². The largest absolute Gasteiger partial charge is 0.416 e. The molecular formula is C19H18F3N3O4S. The van der Waals surface area contributed by atoms with Crippen molar-refractivity contribution < 1.29 is 27.7 Å². The van der Waals surface area contributed by atoms with Crippen LogP contribution in [0.5, 0.6) is 0 Å². The number of nitro groups is 1. The van der Waals surface area contributed by atoms with Gasteiger partial charge in [0.2, 0.25) is 11.8 Å². The SMILES string of the molecule is CC(C)C(=O)Nc1ccc(NC(=O)CSc2ccc(C(F)(F)F)cc2[N+](=O)[O-])cc1. The minimum absolute atomic E-state index is 0.0464. The summed E-state index contributed by atoms with van der Waals surface area (Å²) in [5, 5.41) is 16.4. The highest BCUT2D eigenvalue weighted by Crippen LogP contribution is 2.36. The van der Waals surface area contributed by atoms with Crippen LogP contribution in [-0.2, 0) is 15.8 Å². The van der Waals surface area contributed by atoms with Crippen LogP contribution >= 0.6 is 11.8 Å². The van der Waals surface area contributed by atoms with Crippen LogP contribution in [0.3, 0.4) is 0 Å². The van der Waals surface area contributed by atoms with Crippen LogP contribution in [0.2, 0.25) is 0 Å². The van der Waals surface area contributed by atoms with Gasteiger partial charge in [0.05, 0.1) is 21.1 Å². The monoisotopic (exact) mass is 441 g/mol. The lowest BCUT2D eigenvalue weighted by atomic mass is 10.2. The molecule has 0 unspecified atom stereocenters. The summed E-state index contributed by atoms with van der Waals surface area (Å²) in [6, 6.07) is 8.50. The van der Waals surface area contributed by atoms with Crippen LogP contribution in [0, 0.1) is 16.0 Å². The molecule has 2 aromatic rings. The summed E-state index contributed by atoms with van der Waals surface area (Å²) < 4.78 is 38.2. The standard InChI is InChI=1S/C19H18F3N3O4S/c1-11(2)18(27)24-14-6-4-13(5-7-14)23-17(26)10-30-16-8-3-12(19(20,21)22)9-15(16)25(28)29/h3-9,11H,10H2,1-2H3,(H,23,26)(H,24,27). The summed E-state index contributed by atoms with van der Waals surface area (Å²) >= 11 is 0.759. The van der Waals surface area contributed by atoms with Gasteiger partial charge in [-0.25, -0.2) is 0 Å². The van der Waals surface area contributed by atoms with Crippen molar-refractivity contribution >= 4 is 40.6 Å². The number of halogens is 3. The summed E-state index contributed by atoms with van der Waals surface area (Å²) in [6.07, 6.45) is -4.70. The minimum Gasteiger partial charge on any atom is -0.326 e. The third kappa shape index (κ3) is 6.48. The number of nitrogens with one attached hydrogen (secondary N) is 2. The van der Waals surface area contributed by atoms with E-state index >= 15 is 0 Å². The summed E-state index contributed by atoms with van der Waals surface area (Å²) in [7, 11) is 0. The number of carbonyl (C=O) groups excluding carboxylic acids is 2. The van der Waals surface area contributed by atoms with E-state index in [-0.39, 0.29) is 22.5 Å². The number of nitrogens with zero attached hydrogens (tertiary/aromatic N) is 1. The molecule has 160 valence electrons. The fraction of sp³-hybridized carbons (Fsp3) is 0.263. The van der Waals surface area contributed by atoms with Gasteiger partial charge in [0.1, 0.15) is 0 Å². The average molecular weight is 441 g/mol. The average Bonchev–Trinajstić information content (AvgIpc) is 2.66. The quantitative estimate of drug-likeness (QED) is 0.360. The van der Waals surface area contributed by atoms with Gasteiger partial charge in [-0.15, -0.1) is 11.8 Å². The van der Waals surface area contributed by atoms with E-state index in [0.29, 0.717) is 17.4 Å². The zero-order valence-electron chi connectivity index (χ0n) is 15.9. The number of alkyl halides is 3. The first-order chi connectivity index (χ1) is 14.0. The topological polar surface area (TPSA) is 101 Å². The number of amides is 2. The van der Waals surface area contributed by atoms with Gasteiger partial charge in [-0.2, -0.15) is 13.2 Å². The Morgan fingerprint density at radius 3 is 2.13 bits per heavy atom. The molecule has 0 fully saturated rings. The Morgan fingerprint density at radius 2 is 1.63 bits per heavy atom. The van der Waals surface area contributed by atoms with Crippen molar-refractivity contribution in [2.75, 3.05) is 16.4 Å². The van der Waals surface area contributed by atoms with Crippen LogP contribution in [0.1, 0.15) is 19.4 Å². The molecule has 0 spiro atoms. The van der Waals surface area contributed by atoms with E-state index in [0.717, 1.165) is 23.9 Å². The molecule has 0 bridgehead atoms. The van der Waals surface area contributed by atoms with E-state index in [4.69, 9.17) is 0 Å². The van der Waals surface area contributed by atoms with E-state index in [1.54, 1.807) is 38.1 Å². The third-order valence-electron chi connectivity index (χ3n) is 3.80. The lowest BCUT2D eigenvalue weighted by Crippen LogP contribution is -2.18. The Kier molecular flexibility index (Phi) is 7.43. The predicted molar refractivity (Wildman–Crippen MR) is 107 cm³/mol. The van der Waals surface area contributed by atoms with Crippen molar-refractivity contribution in [3.05, 3.63) is 58.1 Å². The van der Waals surface area contributed by atoms with Crippen LogP contribution in [-0.4, -0.2) is 22.5 Å². The van der Waals surface area contributed by atoms with Crippen LogP contribution < -0.4 is 10.6 Å². The summed E-state index contributed by atoms with van der Waals surface area (Å²) in [5.74, 6) is -1.07. The molecule has 0 atom stereocenters. The van der Waals surface area contributed by atoms with Gasteiger partial charge >= 0.3 is 6.18 Å². The van der Waals surface area contributed by atoms with E-state index < -0.39 is 28.3 Å². The molecule has 0 aliphatic heterocycles. The van der Waals surface area contributed by atoms with Gasteiger partial charge < -0.3 is 10.6 Å². The van der Waals surface area contributed by atoms with E-state index in [1.165, 1.54) is 0 Å². The molecule has 0 saturated heterocycles. The normalized spacial score (nSPS) is 11.3. The van der Waals surface area contributed by atoms with Crippen molar-refractivity contribution in [1.29, 1.82) is 0 Å². The zero-order chi connectivity index (χ0) is 22.5. The van der Waals surface area contributed by atoms with Gasteiger partial charge in [0.15, 0.2) is 0 Å².